The number of piperazine rings is 1. The summed E-state index contributed by atoms with van der Waals surface area (Å²) in [5.74, 6) is 0.788. The van der Waals surface area contributed by atoms with E-state index in [4.69, 9.17) is 10.5 Å². The van der Waals surface area contributed by atoms with Gasteiger partial charge in [-0.2, -0.15) is 0 Å². The molecule has 1 aliphatic heterocycles. The summed E-state index contributed by atoms with van der Waals surface area (Å²) in [6.07, 6.45) is 0.327. The molecule has 1 heterocycles. The van der Waals surface area contributed by atoms with Crippen molar-refractivity contribution in [1.29, 1.82) is 0 Å². The molecule has 0 radical (unpaired) electrons. The van der Waals surface area contributed by atoms with Crippen LogP contribution in [0.1, 0.15) is 6.42 Å². The molecule has 132 valence electrons. The fourth-order valence-electron chi connectivity index (χ4n) is 3.06. The number of hydrogen-bond donors (Lipinski definition) is 1. The third kappa shape index (κ3) is 4.09. The Bertz CT molecular complexity index is 749. The van der Waals surface area contributed by atoms with Crippen molar-refractivity contribution in [3.05, 3.63) is 42.5 Å². The van der Waals surface area contributed by atoms with Crippen LogP contribution >= 0.6 is 0 Å². The van der Waals surface area contributed by atoms with Crippen LogP contribution in [0.3, 0.4) is 0 Å². The quantitative estimate of drug-likeness (QED) is 0.888. The van der Waals surface area contributed by atoms with Crippen molar-refractivity contribution >= 4 is 22.6 Å². The van der Waals surface area contributed by atoms with Gasteiger partial charge >= 0.3 is 0 Å². The molecule has 6 heteroatoms. The number of amides is 2. The average molecular weight is 341 g/mol. The van der Waals surface area contributed by atoms with E-state index in [2.05, 4.69) is 0 Å². The van der Waals surface area contributed by atoms with Crippen LogP contribution in [0.4, 0.5) is 0 Å². The largest absolute Gasteiger partial charge is 0.492 e. The van der Waals surface area contributed by atoms with Crippen LogP contribution in [0, 0.1) is 0 Å². The zero-order valence-corrected chi connectivity index (χ0v) is 14.2. The molecule has 0 aromatic heterocycles. The van der Waals surface area contributed by atoms with Crippen LogP contribution in [0.15, 0.2) is 42.5 Å². The van der Waals surface area contributed by atoms with Gasteiger partial charge in [-0.25, -0.2) is 0 Å². The maximum Gasteiger partial charge on any atom is 0.236 e. The fourth-order valence-corrected chi connectivity index (χ4v) is 3.06. The van der Waals surface area contributed by atoms with E-state index in [0.29, 0.717) is 39.2 Å². The van der Waals surface area contributed by atoms with Gasteiger partial charge in [-0.05, 0) is 11.5 Å². The highest BCUT2D eigenvalue weighted by Gasteiger charge is 2.23. The molecular weight excluding hydrogens is 318 g/mol. The lowest BCUT2D eigenvalue weighted by Crippen LogP contribution is -2.52. The zero-order chi connectivity index (χ0) is 17.6. The lowest BCUT2D eigenvalue weighted by Gasteiger charge is -2.34. The minimum Gasteiger partial charge on any atom is -0.492 e. The number of carbonyl (C=O) groups excluding carboxylic acids is 2. The number of fused-ring (bicyclic) bond motifs is 1. The minimum absolute atomic E-state index is 0.0207. The standard InChI is InChI=1S/C19H23N3O3/c20-14-19(24)22-11-9-21(10-12-22)18(23)8-13-25-17-7-3-5-15-4-1-2-6-16(15)17/h1-7H,8-14,20H2. The highest BCUT2D eigenvalue weighted by Crippen LogP contribution is 2.25. The smallest absolute Gasteiger partial charge is 0.236 e. The predicted molar refractivity (Wildman–Crippen MR) is 96.3 cm³/mol. The summed E-state index contributed by atoms with van der Waals surface area (Å²) in [6, 6.07) is 13.9. The van der Waals surface area contributed by atoms with Crippen molar-refractivity contribution in [2.45, 2.75) is 6.42 Å². The fraction of sp³-hybridized carbons (Fsp3) is 0.368. The average Bonchev–Trinajstić information content (AvgIpc) is 2.67. The summed E-state index contributed by atoms with van der Waals surface area (Å²) in [6.45, 7) is 2.57. The molecule has 0 saturated carbocycles. The van der Waals surface area contributed by atoms with Gasteiger partial charge in [0.25, 0.3) is 0 Å². The molecular formula is C19H23N3O3. The zero-order valence-electron chi connectivity index (χ0n) is 14.2. The van der Waals surface area contributed by atoms with Crippen molar-refractivity contribution in [2.24, 2.45) is 5.73 Å². The van der Waals surface area contributed by atoms with Crippen molar-refractivity contribution in [1.82, 2.24) is 9.80 Å². The number of hydrogen-bond acceptors (Lipinski definition) is 4. The number of nitrogens with two attached hydrogens (primary N) is 1. The van der Waals surface area contributed by atoms with Crippen LogP contribution in [0.2, 0.25) is 0 Å². The molecule has 1 saturated heterocycles. The molecule has 0 spiro atoms. The van der Waals surface area contributed by atoms with E-state index in [0.717, 1.165) is 16.5 Å². The molecule has 2 aromatic carbocycles. The van der Waals surface area contributed by atoms with E-state index in [1.54, 1.807) is 9.80 Å². The Morgan fingerprint density at radius 3 is 2.28 bits per heavy atom. The van der Waals surface area contributed by atoms with Gasteiger partial charge in [0.15, 0.2) is 0 Å². The highest BCUT2D eigenvalue weighted by atomic mass is 16.5. The Morgan fingerprint density at radius 1 is 0.920 bits per heavy atom. The molecule has 0 unspecified atom stereocenters. The van der Waals surface area contributed by atoms with Crippen molar-refractivity contribution in [3.8, 4) is 5.75 Å². The first kappa shape index (κ1) is 17.2. The van der Waals surface area contributed by atoms with Crippen molar-refractivity contribution < 1.29 is 14.3 Å². The van der Waals surface area contributed by atoms with Crippen molar-refractivity contribution in [3.63, 3.8) is 0 Å². The first-order valence-corrected chi connectivity index (χ1v) is 8.55. The highest BCUT2D eigenvalue weighted by molar-refractivity contribution is 5.88. The van der Waals surface area contributed by atoms with Gasteiger partial charge in [0.05, 0.1) is 19.6 Å². The van der Waals surface area contributed by atoms with E-state index < -0.39 is 0 Å². The normalized spacial score (nSPS) is 14.6. The third-order valence-electron chi connectivity index (χ3n) is 4.48. The van der Waals surface area contributed by atoms with Gasteiger partial charge in [-0.1, -0.05) is 36.4 Å². The Balaban J connectivity index is 1.49. The third-order valence-corrected chi connectivity index (χ3v) is 4.48. The van der Waals surface area contributed by atoms with Crippen LogP contribution in [-0.2, 0) is 9.59 Å². The summed E-state index contributed by atoms with van der Waals surface area (Å²) in [5, 5.41) is 2.17. The van der Waals surface area contributed by atoms with E-state index >= 15 is 0 Å². The minimum atomic E-state index is -0.0635. The molecule has 25 heavy (non-hydrogen) atoms. The van der Waals surface area contributed by atoms with Gasteiger partial charge < -0.3 is 20.3 Å². The monoisotopic (exact) mass is 341 g/mol. The molecule has 0 bridgehead atoms. The molecule has 2 N–H and O–H groups in total. The summed E-state index contributed by atoms with van der Waals surface area (Å²) >= 11 is 0. The van der Waals surface area contributed by atoms with Crippen LogP contribution in [-0.4, -0.2) is 60.9 Å². The van der Waals surface area contributed by atoms with E-state index in [9.17, 15) is 9.59 Å². The number of nitrogens with zero attached hydrogens (tertiary/aromatic N) is 2. The van der Waals surface area contributed by atoms with Crippen LogP contribution < -0.4 is 10.5 Å². The number of carbonyl (C=O) groups is 2. The summed E-state index contributed by atoms with van der Waals surface area (Å²) < 4.78 is 5.83. The lowest BCUT2D eigenvalue weighted by molar-refractivity contribution is -0.139. The number of benzene rings is 2. The Morgan fingerprint density at radius 2 is 1.56 bits per heavy atom. The number of ether oxygens (including phenoxy) is 1. The summed E-state index contributed by atoms with van der Waals surface area (Å²) in [5.41, 5.74) is 5.37. The van der Waals surface area contributed by atoms with E-state index in [1.165, 1.54) is 0 Å². The predicted octanol–water partition coefficient (Wildman–Crippen LogP) is 1.24. The topological polar surface area (TPSA) is 75.9 Å². The number of rotatable bonds is 5. The lowest BCUT2D eigenvalue weighted by atomic mass is 10.1. The molecule has 0 atom stereocenters. The van der Waals surface area contributed by atoms with E-state index in [-0.39, 0.29) is 18.4 Å². The van der Waals surface area contributed by atoms with E-state index in [1.807, 2.05) is 42.5 Å². The Hall–Kier alpha value is -2.60. The second-order valence-corrected chi connectivity index (χ2v) is 6.04. The SMILES string of the molecule is NCC(=O)N1CCN(C(=O)CCOc2cccc3ccccc23)CC1. The Labute approximate surface area is 147 Å². The van der Waals surface area contributed by atoms with Gasteiger partial charge in [0.1, 0.15) is 5.75 Å². The first-order valence-electron chi connectivity index (χ1n) is 8.55. The second-order valence-electron chi connectivity index (χ2n) is 6.04. The molecule has 2 aromatic rings. The van der Waals surface area contributed by atoms with Crippen LogP contribution in [0.25, 0.3) is 10.8 Å². The molecule has 1 fully saturated rings. The van der Waals surface area contributed by atoms with Gasteiger partial charge in [-0.3, -0.25) is 9.59 Å². The molecule has 6 nitrogen and oxygen atoms in total. The Kier molecular flexibility index (Phi) is 5.50. The van der Waals surface area contributed by atoms with Gasteiger partial charge in [-0.15, -0.1) is 0 Å². The molecule has 2 amide bonds. The first-order chi connectivity index (χ1) is 12.2. The second kappa shape index (κ2) is 7.98. The van der Waals surface area contributed by atoms with Crippen molar-refractivity contribution in [2.75, 3.05) is 39.3 Å². The maximum atomic E-state index is 12.3. The molecule has 1 aliphatic rings. The van der Waals surface area contributed by atoms with Gasteiger partial charge in [0.2, 0.25) is 11.8 Å². The molecule has 0 aliphatic carbocycles. The van der Waals surface area contributed by atoms with Crippen LogP contribution in [0.5, 0.6) is 5.75 Å². The summed E-state index contributed by atoms with van der Waals surface area (Å²) in [7, 11) is 0. The van der Waals surface area contributed by atoms with Gasteiger partial charge in [0, 0.05) is 31.6 Å². The summed E-state index contributed by atoms with van der Waals surface area (Å²) in [4.78, 5) is 27.4. The molecule has 3 rings (SSSR count). The maximum absolute atomic E-state index is 12.3.